The largest absolute Gasteiger partial charge is 0.444 e. The first kappa shape index (κ1) is 22.6. The van der Waals surface area contributed by atoms with Crippen LogP contribution >= 0.6 is 0 Å². The Labute approximate surface area is 179 Å². The normalized spacial score (nSPS) is 25.4. The number of aromatic nitrogens is 2. The predicted molar refractivity (Wildman–Crippen MR) is 112 cm³/mol. The van der Waals surface area contributed by atoms with E-state index in [0.717, 1.165) is 25.1 Å². The van der Waals surface area contributed by atoms with E-state index in [0.29, 0.717) is 24.8 Å². The zero-order valence-electron chi connectivity index (χ0n) is 18.9. The molecule has 168 valence electrons. The number of carbonyl (C=O) groups is 2. The number of nitrogens with zero attached hydrogens (tertiary/aromatic N) is 3. The lowest BCUT2D eigenvalue weighted by Crippen LogP contribution is -2.59. The summed E-state index contributed by atoms with van der Waals surface area (Å²) in [5, 5.41) is 7.22. The Morgan fingerprint density at radius 3 is 2.57 bits per heavy atom. The Morgan fingerprint density at radius 1 is 1.20 bits per heavy atom. The van der Waals surface area contributed by atoms with E-state index >= 15 is 0 Å². The van der Waals surface area contributed by atoms with Gasteiger partial charge in [0.05, 0.1) is 12.1 Å². The smallest absolute Gasteiger partial charge is 0.410 e. The molecule has 8 nitrogen and oxygen atoms in total. The number of ether oxygens (including phenoxy) is 1. The van der Waals surface area contributed by atoms with Crippen molar-refractivity contribution in [1.82, 2.24) is 20.4 Å². The molecule has 30 heavy (non-hydrogen) atoms. The molecule has 8 heteroatoms. The molecule has 3 atom stereocenters. The van der Waals surface area contributed by atoms with Crippen molar-refractivity contribution in [3.63, 3.8) is 0 Å². The minimum Gasteiger partial charge on any atom is -0.444 e. The van der Waals surface area contributed by atoms with Crippen LogP contribution in [-0.2, 0) is 16.0 Å². The molecule has 0 unspecified atom stereocenters. The van der Waals surface area contributed by atoms with Gasteiger partial charge in [-0.2, -0.15) is 4.98 Å². The molecule has 1 saturated heterocycles. The van der Waals surface area contributed by atoms with Crippen molar-refractivity contribution >= 4 is 12.0 Å². The standard InChI is InChI=1S/C22H36N4O4/c1-14-12-13-26(21(28)29-22(3,4)5)15(2)19(14)23-17(27)10-11-18-24-20(25-30-18)16-8-6-7-9-16/h14-16,19H,6-13H2,1-5H3,(H,23,27)/t14-,15+,19+/m1/s1. The Balaban J connectivity index is 1.52. The van der Waals surface area contributed by atoms with Gasteiger partial charge in [0.2, 0.25) is 11.8 Å². The number of carbonyl (C=O) groups excluding carboxylic acids is 2. The summed E-state index contributed by atoms with van der Waals surface area (Å²) in [6.07, 6.45) is 5.88. The molecule has 3 rings (SSSR count). The molecule has 0 bridgehead atoms. The number of amides is 2. The number of likely N-dealkylation sites (tertiary alicyclic amines) is 1. The Hall–Kier alpha value is -2.12. The van der Waals surface area contributed by atoms with Crippen LogP contribution in [0.25, 0.3) is 0 Å². The topological polar surface area (TPSA) is 97.6 Å². The van der Waals surface area contributed by atoms with E-state index < -0.39 is 5.60 Å². The zero-order chi connectivity index (χ0) is 21.9. The third-order valence-electron chi connectivity index (χ3n) is 6.18. The lowest BCUT2D eigenvalue weighted by molar-refractivity contribution is -0.123. The van der Waals surface area contributed by atoms with Crippen molar-refractivity contribution in [2.24, 2.45) is 5.92 Å². The van der Waals surface area contributed by atoms with Crippen molar-refractivity contribution in [3.8, 4) is 0 Å². The van der Waals surface area contributed by atoms with E-state index in [1.807, 2.05) is 27.7 Å². The number of hydrogen-bond donors (Lipinski definition) is 1. The fourth-order valence-electron chi connectivity index (χ4n) is 4.43. The summed E-state index contributed by atoms with van der Waals surface area (Å²) >= 11 is 0. The first-order valence-corrected chi connectivity index (χ1v) is 11.3. The van der Waals surface area contributed by atoms with Crippen molar-refractivity contribution in [2.45, 2.75) is 103 Å². The summed E-state index contributed by atoms with van der Waals surface area (Å²) in [7, 11) is 0. The van der Waals surface area contributed by atoms with Gasteiger partial charge in [0.1, 0.15) is 5.60 Å². The number of piperidine rings is 1. The van der Waals surface area contributed by atoms with Gasteiger partial charge in [-0.1, -0.05) is 24.9 Å². The summed E-state index contributed by atoms with van der Waals surface area (Å²) in [6.45, 7) is 10.3. The third-order valence-corrected chi connectivity index (χ3v) is 6.18. The maximum atomic E-state index is 12.6. The number of aryl methyl sites for hydroxylation is 1. The first-order chi connectivity index (χ1) is 14.1. The molecule has 1 N–H and O–H groups in total. The molecule has 0 radical (unpaired) electrons. The Morgan fingerprint density at radius 2 is 1.90 bits per heavy atom. The van der Waals surface area contributed by atoms with Gasteiger partial charge in [-0.3, -0.25) is 4.79 Å². The monoisotopic (exact) mass is 420 g/mol. The minimum absolute atomic E-state index is 0.0645. The fourth-order valence-corrected chi connectivity index (χ4v) is 4.43. The van der Waals surface area contributed by atoms with E-state index in [9.17, 15) is 9.59 Å². The molecular formula is C22H36N4O4. The number of hydrogen-bond acceptors (Lipinski definition) is 6. The van der Waals surface area contributed by atoms with Gasteiger partial charge < -0.3 is 19.5 Å². The van der Waals surface area contributed by atoms with Crippen LogP contribution in [0.4, 0.5) is 4.79 Å². The van der Waals surface area contributed by atoms with Crippen LogP contribution in [0, 0.1) is 5.92 Å². The SMILES string of the molecule is C[C@@H]1CCN(C(=O)OC(C)(C)C)[C@@H](C)[C@H]1NC(=O)CCc1nc(C2CCCC2)no1. The average Bonchev–Trinajstić information content (AvgIpc) is 3.33. The molecule has 1 aliphatic heterocycles. The van der Waals surface area contributed by atoms with Crippen LogP contribution in [0.5, 0.6) is 0 Å². The predicted octanol–water partition coefficient (Wildman–Crippen LogP) is 3.81. The highest BCUT2D eigenvalue weighted by Crippen LogP contribution is 2.32. The summed E-state index contributed by atoms with van der Waals surface area (Å²) < 4.78 is 10.9. The highest BCUT2D eigenvalue weighted by atomic mass is 16.6. The summed E-state index contributed by atoms with van der Waals surface area (Å²) in [5.41, 5.74) is -0.542. The van der Waals surface area contributed by atoms with Gasteiger partial charge in [0.25, 0.3) is 0 Å². The maximum Gasteiger partial charge on any atom is 0.410 e. The Bertz CT molecular complexity index is 736. The van der Waals surface area contributed by atoms with E-state index in [1.165, 1.54) is 12.8 Å². The summed E-state index contributed by atoms with van der Waals surface area (Å²) in [5.74, 6) is 1.92. The molecule has 2 fully saturated rings. The van der Waals surface area contributed by atoms with Crippen LogP contribution in [0.2, 0.25) is 0 Å². The van der Waals surface area contributed by atoms with Crippen LogP contribution < -0.4 is 5.32 Å². The molecular weight excluding hydrogens is 384 g/mol. The van der Waals surface area contributed by atoms with E-state index in [2.05, 4.69) is 22.4 Å². The van der Waals surface area contributed by atoms with E-state index in [4.69, 9.17) is 9.26 Å². The lowest BCUT2D eigenvalue weighted by atomic mass is 9.87. The second-order valence-corrected chi connectivity index (χ2v) is 9.80. The Kier molecular flexibility index (Phi) is 7.03. The van der Waals surface area contributed by atoms with E-state index in [-0.39, 0.29) is 36.4 Å². The summed E-state index contributed by atoms with van der Waals surface area (Å²) in [4.78, 5) is 31.4. The van der Waals surface area contributed by atoms with Crippen molar-refractivity contribution in [2.75, 3.05) is 6.54 Å². The summed E-state index contributed by atoms with van der Waals surface area (Å²) in [6, 6.07) is -0.250. The molecule has 2 heterocycles. The molecule has 0 spiro atoms. The van der Waals surface area contributed by atoms with Crippen molar-refractivity contribution < 1.29 is 18.8 Å². The second-order valence-electron chi connectivity index (χ2n) is 9.80. The first-order valence-electron chi connectivity index (χ1n) is 11.3. The minimum atomic E-state index is -0.542. The average molecular weight is 421 g/mol. The van der Waals surface area contributed by atoms with Crippen molar-refractivity contribution in [3.05, 3.63) is 11.7 Å². The second kappa shape index (κ2) is 9.35. The van der Waals surface area contributed by atoms with Crippen LogP contribution in [0.1, 0.15) is 90.8 Å². The quantitative estimate of drug-likeness (QED) is 0.778. The highest BCUT2D eigenvalue weighted by molar-refractivity contribution is 5.76. The molecule has 1 aromatic heterocycles. The van der Waals surface area contributed by atoms with Gasteiger partial charge in [0.15, 0.2) is 5.82 Å². The van der Waals surface area contributed by atoms with Gasteiger partial charge in [0, 0.05) is 25.3 Å². The zero-order valence-corrected chi connectivity index (χ0v) is 18.9. The fraction of sp³-hybridized carbons (Fsp3) is 0.818. The van der Waals surface area contributed by atoms with Gasteiger partial charge in [-0.05, 0) is 52.9 Å². The number of rotatable bonds is 5. The van der Waals surface area contributed by atoms with Gasteiger partial charge in [-0.25, -0.2) is 4.79 Å². The molecule has 1 saturated carbocycles. The lowest BCUT2D eigenvalue weighted by Gasteiger charge is -2.43. The molecule has 1 aromatic rings. The molecule has 0 aromatic carbocycles. The molecule has 2 amide bonds. The molecule has 2 aliphatic rings. The maximum absolute atomic E-state index is 12.6. The molecule has 1 aliphatic carbocycles. The van der Waals surface area contributed by atoms with Crippen LogP contribution in [-0.4, -0.2) is 51.3 Å². The number of nitrogens with one attached hydrogen (secondary N) is 1. The van der Waals surface area contributed by atoms with Gasteiger partial charge in [-0.15, -0.1) is 0 Å². The van der Waals surface area contributed by atoms with Gasteiger partial charge >= 0.3 is 6.09 Å². The third kappa shape index (κ3) is 5.73. The highest BCUT2D eigenvalue weighted by Gasteiger charge is 2.38. The van der Waals surface area contributed by atoms with E-state index in [1.54, 1.807) is 4.90 Å². The van der Waals surface area contributed by atoms with Crippen molar-refractivity contribution in [1.29, 1.82) is 0 Å². The van der Waals surface area contributed by atoms with Crippen LogP contribution in [0.15, 0.2) is 4.52 Å². The van der Waals surface area contributed by atoms with Crippen LogP contribution in [0.3, 0.4) is 0 Å².